The maximum absolute atomic E-state index is 12.7. The van der Waals surface area contributed by atoms with Crippen molar-refractivity contribution in [3.8, 4) is 11.4 Å². The zero-order valence-corrected chi connectivity index (χ0v) is 13.4. The van der Waals surface area contributed by atoms with E-state index in [4.69, 9.17) is 0 Å². The molecule has 2 heterocycles. The van der Waals surface area contributed by atoms with E-state index in [-0.39, 0.29) is 23.4 Å². The smallest absolute Gasteiger partial charge is 0.329 e. The predicted octanol–water partition coefficient (Wildman–Crippen LogP) is 3.65. The number of hydrogen-bond acceptors (Lipinski definition) is 4. The topological polar surface area (TPSA) is 71.8 Å². The Hall–Kier alpha value is -2.90. The molecule has 1 aromatic carbocycles. The van der Waals surface area contributed by atoms with Crippen LogP contribution in [0.15, 0.2) is 39.8 Å². The number of pyridine rings is 1. The van der Waals surface area contributed by atoms with Crippen LogP contribution in [0.2, 0.25) is 0 Å². The Morgan fingerprint density at radius 2 is 1.96 bits per heavy atom. The molecule has 5 nitrogen and oxygen atoms in total. The van der Waals surface area contributed by atoms with Gasteiger partial charge in [-0.3, -0.25) is 4.79 Å². The SMILES string of the molecule is Cc1ccc(Cc2c(-c3noc(C(F)(F)F)n3)cc[nH]c2=O)c(C)c1. The summed E-state index contributed by atoms with van der Waals surface area (Å²) in [6.07, 6.45) is -3.15. The molecular weight excluding hydrogens is 335 g/mol. The molecular formula is C17H14F3N3O2. The lowest BCUT2D eigenvalue weighted by atomic mass is 9.97. The summed E-state index contributed by atoms with van der Waals surface area (Å²) in [7, 11) is 0. The standard InChI is InChI=1S/C17H14F3N3O2/c1-9-3-4-11(10(2)7-9)8-13-12(5-6-21-15(13)24)14-22-16(25-23-14)17(18,19)20/h3-7H,8H2,1-2H3,(H,21,24). The fraction of sp³-hybridized carbons (Fsp3) is 0.235. The molecule has 3 aromatic rings. The van der Waals surface area contributed by atoms with Crippen molar-refractivity contribution in [1.29, 1.82) is 0 Å². The minimum absolute atomic E-state index is 0.211. The number of rotatable bonds is 3. The first-order valence-electron chi connectivity index (χ1n) is 7.43. The van der Waals surface area contributed by atoms with Gasteiger partial charge >= 0.3 is 12.1 Å². The average Bonchev–Trinajstić information content (AvgIpc) is 3.01. The first kappa shape index (κ1) is 16.9. The van der Waals surface area contributed by atoms with Crippen molar-refractivity contribution < 1.29 is 17.7 Å². The highest BCUT2D eigenvalue weighted by Crippen LogP contribution is 2.30. The molecule has 0 amide bonds. The van der Waals surface area contributed by atoms with Gasteiger partial charge in [0, 0.05) is 23.7 Å². The fourth-order valence-electron chi connectivity index (χ4n) is 2.58. The van der Waals surface area contributed by atoms with E-state index in [9.17, 15) is 18.0 Å². The number of hydrogen-bond donors (Lipinski definition) is 1. The van der Waals surface area contributed by atoms with Crippen molar-refractivity contribution in [2.24, 2.45) is 0 Å². The lowest BCUT2D eigenvalue weighted by Gasteiger charge is -2.09. The van der Waals surface area contributed by atoms with E-state index in [1.54, 1.807) is 0 Å². The summed E-state index contributed by atoms with van der Waals surface area (Å²) in [6.45, 7) is 3.87. The Morgan fingerprint density at radius 3 is 2.60 bits per heavy atom. The molecule has 0 spiro atoms. The number of halogens is 3. The van der Waals surface area contributed by atoms with Gasteiger partial charge in [0.25, 0.3) is 5.56 Å². The van der Waals surface area contributed by atoms with Crippen LogP contribution in [0.25, 0.3) is 11.4 Å². The molecule has 8 heteroatoms. The molecule has 2 aromatic heterocycles. The lowest BCUT2D eigenvalue weighted by Crippen LogP contribution is -2.14. The van der Waals surface area contributed by atoms with E-state index >= 15 is 0 Å². The minimum Gasteiger partial charge on any atom is -0.329 e. The van der Waals surface area contributed by atoms with Gasteiger partial charge in [0.1, 0.15) is 0 Å². The zero-order chi connectivity index (χ0) is 18.2. The van der Waals surface area contributed by atoms with Gasteiger partial charge in [-0.15, -0.1) is 0 Å². The Morgan fingerprint density at radius 1 is 1.20 bits per heavy atom. The summed E-state index contributed by atoms with van der Waals surface area (Å²) in [5, 5.41) is 3.37. The van der Waals surface area contributed by atoms with Gasteiger partial charge in [0.05, 0.1) is 0 Å². The third-order valence-electron chi connectivity index (χ3n) is 3.84. The van der Waals surface area contributed by atoms with Gasteiger partial charge in [-0.05, 0) is 31.0 Å². The Balaban J connectivity index is 2.06. The Labute approximate surface area is 140 Å². The van der Waals surface area contributed by atoms with Crippen LogP contribution >= 0.6 is 0 Å². The molecule has 1 N–H and O–H groups in total. The second-order valence-corrected chi connectivity index (χ2v) is 5.73. The number of aryl methyl sites for hydroxylation is 2. The van der Waals surface area contributed by atoms with E-state index in [0.29, 0.717) is 0 Å². The quantitative estimate of drug-likeness (QED) is 0.783. The second-order valence-electron chi connectivity index (χ2n) is 5.73. The summed E-state index contributed by atoms with van der Waals surface area (Å²) in [6, 6.07) is 7.24. The normalized spacial score (nSPS) is 11.7. The molecule has 3 rings (SSSR count). The van der Waals surface area contributed by atoms with Crippen LogP contribution in [0.3, 0.4) is 0 Å². The van der Waals surface area contributed by atoms with Crippen LogP contribution in [-0.2, 0) is 12.6 Å². The van der Waals surface area contributed by atoms with Crippen LogP contribution in [0.5, 0.6) is 0 Å². The number of nitrogens with zero attached hydrogens (tertiary/aromatic N) is 2. The first-order valence-corrected chi connectivity index (χ1v) is 7.43. The van der Waals surface area contributed by atoms with Crippen molar-refractivity contribution in [3.05, 3.63) is 69.0 Å². The molecule has 0 atom stereocenters. The van der Waals surface area contributed by atoms with Crippen molar-refractivity contribution >= 4 is 0 Å². The maximum atomic E-state index is 12.7. The van der Waals surface area contributed by atoms with Crippen LogP contribution in [0.1, 0.15) is 28.1 Å². The molecule has 0 radical (unpaired) electrons. The van der Waals surface area contributed by atoms with Crippen molar-refractivity contribution in [3.63, 3.8) is 0 Å². The molecule has 130 valence electrons. The molecule has 0 aliphatic rings. The highest BCUT2D eigenvalue weighted by atomic mass is 19.4. The van der Waals surface area contributed by atoms with Gasteiger partial charge in [-0.1, -0.05) is 28.9 Å². The number of nitrogens with one attached hydrogen (secondary N) is 1. The van der Waals surface area contributed by atoms with E-state index in [1.807, 2.05) is 32.0 Å². The predicted molar refractivity (Wildman–Crippen MR) is 84.1 cm³/mol. The number of aromatic amines is 1. The molecule has 0 saturated carbocycles. The summed E-state index contributed by atoms with van der Waals surface area (Å²) >= 11 is 0. The van der Waals surface area contributed by atoms with Crippen molar-refractivity contribution in [2.45, 2.75) is 26.4 Å². The number of H-pyrrole nitrogens is 1. The van der Waals surface area contributed by atoms with Crippen LogP contribution in [0.4, 0.5) is 13.2 Å². The molecule has 0 aliphatic carbocycles. The highest BCUT2D eigenvalue weighted by Gasteiger charge is 2.38. The molecule has 0 saturated heterocycles. The molecule has 0 aliphatic heterocycles. The largest absolute Gasteiger partial charge is 0.471 e. The van der Waals surface area contributed by atoms with Gasteiger partial charge < -0.3 is 9.51 Å². The van der Waals surface area contributed by atoms with Crippen LogP contribution < -0.4 is 5.56 Å². The zero-order valence-electron chi connectivity index (χ0n) is 13.4. The van der Waals surface area contributed by atoms with E-state index < -0.39 is 17.6 Å². The lowest BCUT2D eigenvalue weighted by molar-refractivity contribution is -0.159. The fourth-order valence-corrected chi connectivity index (χ4v) is 2.58. The number of benzene rings is 1. The maximum Gasteiger partial charge on any atom is 0.471 e. The van der Waals surface area contributed by atoms with Gasteiger partial charge in [0.15, 0.2) is 0 Å². The molecule has 0 bridgehead atoms. The van der Waals surface area contributed by atoms with E-state index in [0.717, 1.165) is 16.7 Å². The van der Waals surface area contributed by atoms with Crippen LogP contribution in [-0.4, -0.2) is 15.1 Å². The molecule has 25 heavy (non-hydrogen) atoms. The Bertz CT molecular complexity index is 974. The second kappa shape index (κ2) is 6.19. The monoisotopic (exact) mass is 349 g/mol. The van der Waals surface area contributed by atoms with Crippen molar-refractivity contribution in [1.82, 2.24) is 15.1 Å². The van der Waals surface area contributed by atoms with Gasteiger partial charge in [0.2, 0.25) is 5.82 Å². The third kappa shape index (κ3) is 3.47. The minimum atomic E-state index is -4.74. The summed E-state index contributed by atoms with van der Waals surface area (Å²) in [5.41, 5.74) is 3.04. The average molecular weight is 349 g/mol. The van der Waals surface area contributed by atoms with Crippen LogP contribution in [0, 0.1) is 13.8 Å². The summed E-state index contributed by atoms with van der Waals surface area (Å²) in [4.78, 5) is 18.1. The number of aromatic nitrogens is 3. The highest BCUT2D eigenvalue weighted by molar-refractivity contribution is 5.60. The van der Waals surface area contributed by atoms with Gasteiger partial charge in [-0.2, -0.15) is 18.2 Å². The molecule has 0 unspecified atom stereocenters. The third-order valence-corrected chi connectivity index (χ3v) is 3.84. The summed E-state index contributed by atoms with van der Waals surface area (Å²) < 4.78 is 42.3. The van der Waals surface area contributed by atoms with E-state index in [1.165, 1.54) is 12.3 Å². The first-order chi connectivity index (χ1) is 11.8. The van der Waals surface area contributed by atoms with Gasteiger partial charge in [-0.25, -0.2) is 0 Å². The molecule has 0 fully saturated rings. The number of alkyl halides is 3. The van der Waals surface area contributed by atoms with E-state index in [2.05, 4.69) is 19.6 Å². The Kier molecular flexibility index (Phi) is 4.20. The van der Waals surface area contributed by atoms with Crippen molar-refractivity contribution in [2.75, 3.05) is 0 Å². The summed E-state index contributed by atoms with van der Waals surface area (Å²) in [5.74, 6) is -1.71.